The van der Waals surface area contributed by atoms with E-state index in [0.717, 1.165) is 44.7 Å². The smallest absolute Gasteiger partial charge is 0.270 e. The van der Waals surface area contributed by atoms with E-state index in [9.17, 15) is 4.79 Å². The molecular formula is C20H26N4O. The Kier molecular flexibility index (Phi) is 6.01. The summed E-state index contributed by atoms with van der Waals surface area (Å²) in [5.41, 5.74) is 2.71. The molecule has 5 nitrogen and oxygen atoms in total. The number of nitrogens with zero attached hydrogens (tertiary/aromatic N) is 2. The summed E-state index contributed by atoms with van der Waals surface area (Å²) in [7, 11) is 0. The topological polar surface area (TPSA) is 57.3 Å². The van der Waals surface area contributed by atoms with Gasteiger partial charge >= 0.3 is 0 Å². The van der Waals surface area contributed by atoms with Gasteiger partial charge in [-0.15, -0.1) is 0 Å². The van der Waals surface area contributed by atoms with Gasteiger partial charge < -0.3 is 10.6 Å². The van der Waals surface area contributed by atoms with Crippen LogP contribution in [0.5, 0.6) is 0 Å². The zero-order valence-electron chi connectivity index (χ0n) is 14.7. The maximum absolute atomic E-state index is 12.5. The first-order chi connectivity index (χ1) is 12.2. The molecular weight excluding hydrogens is 312 g/mol. The zero-order valence-corrected chi connectivity index (χ0v) is 14.7. The predicted octanol–water partition coefficient (Wildman–Crippen LogP) is 2.91. The fourth-order valence-corrected chi connectivity index (χ4v) is 3.29. The van der Waals surface area contributed by atoms with Crippen molar-refractivity contribution in [3.05, 3.63) is 59.9 Å². The number of anilines is 1. The number of carbonyl (C=O) groups is 1. The standard InChI is InChI=1S/C20H26N4O/c1-2-21-17-10-11-22-19(13-17)20(25)23-18-9-6-12-24(15-18)14-16-7-4-3-5-8-16/h3-5,7-8,10-11,13,18H,2,6,9,12,14-15H2,1H3,(H,21,22)(H,23,25). The average molecular weight is 338 g/mol. The molecule has 1 aliphatic heterocycles. The maximum Gasteiger partial charge on any atom is 0.270 e. The lowest BCUT2D eigenvalue weighted by Gasteiger charge is -2.33. The maximum atomic E-state index is 12.5. The molecule has 1 amide bonds. The van der Waals surface area contributed by atoms with Crippen molar-refractivity contribution in [2.24, 2.45) is 0 Å². The van der Waals surface area contributed by atoms with Crippen molar-refractivity contribution in [1.29, 1.82) is 0 Å². The minimum absolute atomic E-state index is 0.0914. The van der Waals surface area contributed by atoms with E-state index in [0.29, 0.717) is 5.69 Å². The number of aromatic nitrogens is 1. The van der Waals surface area contributed by atoms with Crippen LogP contribution in [0.15, 0.2) is 48.7 Å². The minimum Gasteiger partial charge on any atom is -0.385 e. The Bertz CT molecular complexity index is 689. The van der Waals surface area contributed by atoms with Crippen molar-refractivity contribution in [3.8, 4) is 0 Å². The van der Waals surface area contributed by atoms with E-state index >= 15 is 0 Å². The fourth-order valence-electron chi connectivity index (χ4n) is 3.29. The van der Waals surface area contributed by atoms with Crippen molar-refractivity contribution in [3.63, 3.8) is 0 Å². The van der Waals surface area contributed by atoms with Gasteiger partial charge in [0.1, 0.15) is 5.69 Å². The Morgan fingerprint density at radius 1 is 1.28 bits per heavy atom. The van der Waals surface area contributed by atoms with Crippen molar-refractivity contribution in [2.75, 3.05) is 25.0 Å². The highest BCUT2D eigenvalue weighted by Gasteiger charge is 2.22. The van der Waals surface area contributed by atoms with Crippen LogP contribution in [0.25, 0.3) is 0 Å². The first-order valence-electron chi connectivity index (χ1n) is 9.01. The minimum atomic E-state index is -0.0914. The zero-order chi connectivity index (χ0) is 17.5. The van der Waals surface area contributed by atoms with Gasteiger partial charge in [-0.05, 0) is 44.0 Å². The Balaban J connectivity index is 1.56. The van der Waals surface area contributed by atoms with Gasteiger partial charge in [0.05, 0.1) is 0 Å². The highest BCUT2D eigenvalue weighted by Crippen LogP contribution is 2.15. The molecule has 0 bridgehead atoms. The third kappa shape index (κ3) is 5.03. The second-order valence-corrected chi connectivity index (χ2v) is 6.49. The van der Waals surface area contributed by atoms with Gasteiger partial charge in [-0.3, -0.25) is 14.7 Å². The molecule has 0 saturated carbocycles. The normalized spacial score (nSPS) is 17.9. The van der Waals surface area contributed by atoms with E-state index in [-0.39, 0.29) is 11.9 Å². The molecule has 2 aromatic rings. The summed E-state index contributed by atoms with van der Waals surface area (Å²) in [5, 5.41) is 6.36. The lowest BCUT2D eigenvalue weighted by Crippen LogP contribution is -2.47. The van der Waals surface area contributed by atoms with Crippen LogP contribution in [0, 0.1) is 0 Å². The molecule has 132 valence electrons. The number of nitrogens with one attached hydrogen (secondary N) is 2. The van der Waals surface area contributed by atoms with E-state index < -0.39 is 0 Å². The van der Waals surface area contributed by atoms with Gasteiger partial charge in [-0.2, -0.15) is 0 Å². The third-order valence-electron chi connectivity index (χ3n) is 4.46. The second kappa shape index (κ2) is 8.62. The third-order valence-corrected chi connectivity index (χ3v) is 4.46. The average Bonchev–Trinajstić information content (AvgIpc) is 2.63. The number of amides is 1. The molecule has 0 radical (unpaired) electrons. The molecule has 3 rings (SSSR count). The van der Waals surface area contributed by atoms with Crippen LogP contribution in [0.2, 0.25) is 0 Å². The summed E-state index contributed by atoms with van der Waals surface area (Å²) in [4.78, 5) is 19.1. The van der Waals surface area contributed by atoms with Crippen LogP contribution in [0.4, 0.5) is 5.69 Å². The Morgan fingerprint density at radius 2 is 2.12 bits per heavy atom. The number of pyridine rings is 1. The van der Waals surface area contributed by atoms with E-state index in [2.05, 4.69) is 44.8 Å². The van der Waals surface area contributed by atoms with Gasteiger partial charge in [0.2, 0.25) is 0 Å². The van der Waals surface area contributed by atoms with Crippen LogP contribution >= 0.6 is 0 Å². The molecule has 5 heteroatoms. The number of rotatable bonds is 6. The molecule has 25 heavy (non-hydrogen) atoms. The quantitative estimate of drug-likeness (QED) is 0.850. The largest absolute Gasteiger partial charge is 0.385 e. The molecule has 1 aromatic heterocycles. The van der Waals surface area contributed by atoms with Gasteiger partial charge in [0.25, 0.3) is 5.91 Å². The van der Waals surface area contributed by atoms with E-state index in [4.69, 9.17) is 0 Å². The fraction of sp³-hybridized carbons (Fsp3) is 0.400. The monoisotopic (exact) mass is 338 g/mol. The van der Waals surface area contributed by atoms with Crippen LogP contribution in [-0.4, -0.2) is 41.5 Å². The summed E-state index contributed by atoms with van der Waals surface area (Å²) in [5.74, 6) is -0.0914. The van der Waals surface area contributed by atoms with Gasteiger partial charge in [0, 0.05) is 37.6 Å². The Morgan fingerprint density at radius 3 is 2.92 bits per heavy atom. The van der Waals surface area contributed by atoms with Crippen molar-refractivity contribution in [1.82, 2.24) is 15.2 Å². The summed E-state index contributed by atoms with van der Waals surface area (Å²) in [6.45, 7) is 5.75. The van der Waals surface area contributed by atoms with E-state index in [1.807, 2.05) is 25.1 Å². The number of hydrogen-bond donors (Lipinski definition) is 2. The second-order valence-electron chi connectivity index (χ2n) is 6.49. The summed E-state index contributed by atoms with van der Waals surface area (Å²) in [6.07, 6.45) is 3.79. The van der Waals surface area contributed by atoms with Crippen molar-refractivity contribution < 1.29 is 4.79 Å². The highest BCUT2D eigenvalue weighted by molar-refractivity contribution is 5.93. The number of piperidine rings is 1. The molecule has 1 atom stereocenters. The van der Waals surface area contributed by atoms with Gasteiger partial charge in [-0.1, -0.05) is 30.3 Å². The number of likely N-dealkylation sites (tertiary alicyclic amines) is 1. The van der Waals surface area contributed by atoms with Crippen LogP contribution in [-0.2, 0) is 6.54 Å². The number of carbonyl (C=O) groups excluding carboxylic acids is 1. The lowest BCUT2D eigenvalue weighted by molar-refractivity contribution is 0.0896. The predicted molar refractivity (Wildman–Crippen MR) is 101 cm³/mol. The molecule has 0 spiro atoms. The van der Waals surface area contributed by atoms with Crippen LogP contribution in [0.1, 0.15) is 35.8 Å². The van der Waals surface area contributed by atoms with Crippen LogP contribution < -0.4 is 10.6 Å². The summed E-state index contributed by atoms with van der Waals surface area (Å²) < 4.78 is 0. The van der Waals surface area contributed by atoms with Crippen LogP contribution in [0.3, 0.4) is 0 Å². The highest BCUT2D eigenvalue weighted by atomic mass is 16.1. The van der Waals surface area contributed by atoms with Crippen molar-refractivity contribution >= 4 is 11.6 Å². The SMILES string of the molecule is CCNc1ccnc(C(=O)NC2CCCN(Cc3ccccc3)C2)c1. The molecule has 2 heterocycles. The van der Waals surface area contributed by atoms with Gasteiger partial charge in [-0.25, -0.2) is 0 Å². The van der Waals surface area contributed by atoms with Crippen molar-refractivity contribution in [2.45, 2.75) is 32.4 Å². The molecule has 1 fully saturated rings. The molecule has 0 aliphatic carbocycles. The van der Waals surface area contributed by atoms with E-state index in [1.165, 1.54) is 5.56 Å². The van der Waals surface area contributed by atoms with Gasteiger partial charge in [0.15, 0.2) is 0 Å². The molecule has 1 saturated heterocycles. The van der Waals surface area contributed by atoms with E-state index in [1.54, 1.807) is 6.20 Å². The first kappa shape index (κ1) is 17.4. The Labute approximate surface area is 149 Å². The molecule has 2 N–H and O–H groups in total. The number of hydrogen-bond acceptors (Lipinski definition) is 4. The number of benzene rings is 1. The molecule has 1 aromatic carbocycles. The molecule has 1 aliphatic rings. The molecule has 1 unspecified atom stereocenters. The Hall–Kier alpha value is -2.40. The lowest BCUT2D eigenvalue weighted by atomic mass is 10.0. The summed E-state index contributed by atoms with van der Waals surface area (Å²) in [6, 6.07) is 14.3. The summed E-state index contributed by atoms with van der Waals surface area (Å²) >= 11 is 0. The first-order valence-corrected chi connectivity index (χ1v) is 9.01.